The van der Waals surface area contributed by atoms with Gasteiger partial charge in [-0.3, -0.25) is 0 Å². The Morgan fingerprint density at radius 1 is 1.37 bits per heavy atom. The van der Waals surface area contributed by atoms with Crippen molar-refractivity contribution in [1.29, 1.82) is 0 Å². The number of nitrogens with zero attached hydrogens (tertiary/aromatic N) is 2. The highest BCUT2D eigenvalue weighted by Gasteiger charge is 2.00. The first-order valence-electron chi connectivity index (χ1n) is 7.01. The van der Waals surface area contributed by atoms with E-state index in [4.69, 9.17) is 4.74 Å². The fourth-order valence-corrected chi connectivity index (χ4v) is 1.70. The van der Waals surface area contributed by atoms with Crippen LogP contribution in [0.2, 0.25) is 0 Å². The lowest BCUT2D eigenvalue weighted by Crippen LogP contribution is -2.19. The Morgan fingerprint density at radius 2 is 2.16 bits per heavy atom. The summed E-state index contributed by atoms with van der Waals surface area (Å²) in [5.41, 5.74) is 1.22. The van der Waals surface area contributed by atoms with Gasteiger partial charge in [-0.25, -0.2) is 4.98 Å². The lowest BCUT2D eigenvalue weighted by Gasteiger charge is -2.11. The van der Waals surface area contributed by atoms with E-state index >= 15 is 0 Å². The molecule has 0 amide bonds. The van der Waals surface area contributed by atoms with Crippen molar-refractivity contribution in [3.63, 3.8) is 0 Å². The first-order chi connectivity index (χ1) is 9.08. The number of aromatic nitrogens is 1. The van der Waals surface area contributed by atoms with Crippen LogP contribution in [-0.4, -0.2) is 43.7 Å². The van der Waals surface area contributed by atoms with Crippen molar-refractivity contribution >= 4 is 0 Å². The van der Waals surface area contributed by atoms with Crippen LogP contribution in [-0.2, 0) is 6.54 Å². The van der Waals surface area contributed by atoms with Crippen LogP contribution < -0.4 is 10.1 Å². The topological polar surface area (TPSA) is 37.4 Å². The zero-order valence-electron chi connectivity index (χ0n) is 12.6. The smallest absolute Gasteiger partial charge is 0.213 e. The molecule has 4 nitrogen and oxygen atoms in total. The van der Waals surface area contributed by atoms with E-state index in [-0.39, 0.29) is 0 Å². The predicted molar refractivity (Wildman–Crippen MR) is 79.4 cm³/mol. The molecule has 4 heteroatoms. The van der Waals surface area contributed by atoms with Crippen LogP contribution in [0.1, 0.15) is 25.8 Å². The molecule has 1 heterocycles. The SMILES string of the molecule is CC(C)CNCc1ccnc(OCCCN(C)C)c1. The van der Waals surface area contributed by atoms with Gasteiger partial charge in [0.15, 0.2) is 0 Å². The van der Waals surface area contributed by atoms with Gasteiger partial charge in [-0.1, -0.05) is 13.8 Å². The van der Waals surface area contributed by atoms with Crippen LogP contribution in [0.4, 0.5) is 0 Å². The maximum atomic E-state index is 5.66. The van der Waals surface area contributed by atoms with Gasteiger partial charge >= 0.3 is 0 Å². The summed E-state index contributed by atoms with van der Waals surface area (Å²) in [6.07, 6.45) is 2.83. The predicted octanol–water partition coefficient (Wildman–Crippen LogP) is 2.16. The van der Waals surface area contributed by atoms with Crippen LogP contribution in [0, 0.1) is 5.92 Å². The second kappa shape index (κ2) is 8.88. The van der Waals surface area contributed by atoms with Gasteiger partial charge < -0.3 is 15.0 Å². The standard InChI is InChI=1S/C15H27N3O/c1-13(2)11-16-12-14-6-7-17-15(10-14)19-9-5-8-18(3)4/h6-7,10,13,16H,5,8-9,11-12H2,1-4H3. The maximum Gasteiger partial charge on any atom is 0.213 e. The summed E-state index contributed by atoms with van der Waals surface area (Å²) < 4.78 is 5.66. The molecule has 1 aromatic rings. The second-order valence-corrected chi connectivity index (χ2v) is 5.53. The summed E-state index contributed by atoms with van der Waals surface area (Å²) in [6.45, 7) is 8.07. The molecule has 0 fully saturated rings. The molecule has 1 rings (SSSR count). The number of nitrogens with one attached hydrogen (secondary N) is 1. The Labute approximate surface area is 117 Å². The zero-order valence-corrected chi connectivity index (χ0v) is 12.6. The highest BCUT2D eigenvalue weighted by molar-refractivity contribution is 5.20. The fraction of sp³-hybridized carbons (Fsp3) is 0.667. The van der Waals surface area contributed by atoms with E-state index < -0.39 is 0 Å². The molecule has 0 atom stereocenters. The number of pyridine rings is 1. The quantitative estimate of drug-likeness (QED) is 0.694. The largest absolute Gasteiger partial charge is 0.478 e. The van der Waals surface area contributed by atoms with Gasteiger partial charge in [-0.05, 0) is 44.6 Å². The molecule has 0 unspecified atom stereocenters. The van der Waals surface area contributed by atoms with Crippen molar-refractivity contribution in [3.05, 3.63) is 23.9 Å². The number of ether oxygens (including phenoxy) is 1. The van der Waals surface area contributed by atoms with Crippen LogP contribution in [0.5, 0.6) is 5.88 Å². The number of hydrogen-bond donors (Lipinski definition) is 1. The fourth-order valence-electron chi connectivity index (χ4n) is 1.70. The van der Waals surface area contributed by atoms with Gasteiger partial charge in [0, 0.05) is 25.4 Å². The molecule has 0 saturated carbocycles. The molecule has 1 aromatic heterocycles. The van der Waals surface area contributed by atoms with E-state index in [0.717, 1.165) is 31.9 Å². The first kappa shape index (κ1) is 15.9. The third kappa shape index (κ3) is 7.80. The van der Waals surface area contributed by atoms with Crippen molar-refractivity contribution in [3.8, 4) is 5.88 Å². The van der Waals surface area contributed by atoms with Gasteiger partial charge in [-0.2, -0.15) is 0 Å². The minimum absolute atomic E-state index is 0.670. The summed E-state index contributed by atoms with van der Waals surface area (Å²) in [5, 5.41) is 3.42. The van der Waals surface area contributed by atoms with E-state index in [0.29, 0.717) is 12.5 Å². The van der Waals surface area contributed by atoms with Gasteiger partial charge in [0.1, 0.15) is 0 Å². The van der Waals surface area contributed by atoms with Crippen molar-refractivity contribution in [2.45, 2.75) is 26.8 Å². The van der Waals surface area contributed by atoms with Crippen LogP contribution in [0.15, 0.2) is 18.3 Å². The second-order valence-electron chi connectivity index (χ2n) is 5.53. The first-order valence-corrected chi connectivity index (χ1v) is 7.01. The molecule has 108 valence electrons. The lowest BCUT2D eigenvalue weighted by atomic mass is 10.2. The van der Waals surface area contributed by atoms with E-state index in [9.17, 15) is 0 Å². The molecule has 0 aliphatic rings. The Kier molecular flexibility index (Phi) is 7.45. The average Bonchev–Trinajstić information content (AvgIpc) is 2.34. The summed E-state index contributed by atoms with van der Waals surface area (Å²) >= 11 is 0. The van der Waals surface area contributed by atoms with Crippen molar-refractivity contribution in [2.75, 3.05) is 33.8 Å². The third-order valence-corrected chi connectivity index (χ3v) is 2.68. The molecule has 19 heavy (non-hydrogen) atoms. The Morgan fingerprint density at radius 3 is 2.84 bits per heavy atom. The highest BCUT2D eigenvalue weighted by atomic mass is 16.5. The zero-order chi connectivity index (χ0) is 14.1. The normalized spacial score (nSPS) is 11.3. The molecule has 0 spiro atoms. The molecule has 1 N–H and O–H groups in total. The molecule has 0 radical (unpaired) electrons. The van der Waals surface area contributed by atoms with E-state index in [1.54, 1.807) is 0 Å². The number of hydrogen-bond acceptors (Lipinski definition) is 4. The molecule has 0 saturated heterocycles. The Hall–Kier alpha value is -1.13. The number of rotatable bonds is 9. The molecular weight excluding hydrogens is 238 g/mol. The average molecular weight is 265 g/mol. The molecular formula is C15H27N3O. The summed E-state index contributed by atoms with van der Waals surface area (Å²) in [7, 11) is 4.14. The van der Waals surface area contributed by atoms with Crippen LogP contribution in [0.25, 0.3) is 0 Å². The van der Waals surface area contributed by atoms with E-state index in [1.807, 2.05) is 18.3 Å². The van der Waals surface area contributed by atoms with E-state index in [2.05, 4.69) is 43.1 Å². The van der Waals surface area contributed by atoms with Gasteiger partial charge in [-0.15, -0.1) is 0 Å². The lowest BCUT2D eigenvalue weighted by molar-refractivity contribution is 0.273. The molecule has 0 aromatic carbocycles. The molecule has 0 bridgehead atoms. The van der Waals surface area contributed by atoms with Gasteiger partial charge in [0.2, 0.25) is 5.88 Å². The van der Waals surface area contributed by atoms with Gasteiger partial charge in [0.25, 0.3) is 0 Å². The van der Waals surface area contributed by atoms with Crippen molar-refractivity contribution in [1.82, 2.24) is 15.2 Å². The summed E-state index contributed by atoms with van der Waals surface area (Å²) in [4.78, 5) is 6.39. The highest BCUT2D eigenvalue weighted by Crippen LogP contribution is 2.09. The molecule has 0 aliphatic carbocycles. The summed E-state index contributed by atoms with van der Waals surface area (Å²) in [5.74, 6) is 1.39. The maximum absolute atomic E-state index is 5.66. The van der Waals surface area contributed by atoms with Crippen LogP contribution >= 0.6 is 0 Å². The minimum atomic E-state index is 0.670. The minimum Gasteiger partial charge on any atom is -0.478 e. The van der Waals surface area contributed by atoms with Crippen LogP contribution in [0.3, 0.4) is 0 Å². The third-order valence-electron chi connectivity index (χ3n) is 2.68. The molecule has 0 aliphatic heterocycles. The van der Waals surface area contributed by atoms with Crippen molar-refractivity contribution in [2.24, 2.45) is 5.92 Å². The Bertz CT molecular complexity index is 353. The summed E-state index contributed by atoms with van der Waals surface area (Å²) in [6, 6.07) is 4.04. The van der Waals surface area contributed by atoms with E-state index in [1.165, 1.54) is 5.56 Å². The Balaban J connectivity index is 2.31. The van der Waals surface area contributed by atoms with Crippen molar-refractivity contribution < 1.29 is 4.74 Å². The monoisotopic (exact) mass is 265 g/mol. The van der Waals surface area contributed by atoms with Gasteiger partial charge in [0.05, 0.1) is 6.61 Å².